The fourth-order valence-electron chi connectivity index (χ4n) is 1.74. The summed E-state index contributed by atoms with van der Waals surface area (Å²) in [6.07, 6.45) is 0. The third-order valence-electron chi connectivity index (χ3n) is 3.09. The molecule has 0 spiro atoms. The predicted octanol–water partition coefficient (Wildman–Crippen LogP) is 2.73. The Morgan fingerprint density at radius 2 is 1.94 bits per heavy atom. The van der Waals surface area contributed by atoms with Gasteiger partial charge in [0, 0.05) is 7.11 Å². The van der Waals surface area contributed by atoms with Crippen LogP contribution >= 0.6 is 0 Å². The molecule has 0 bridgehead atoms. The SMILES string of the molecule is CNC(COC)COc1cc(C(C)C)ccc1C. The number of hydrogen-bond acceptors (Lipinski definition) is 3. The van der Waals surface area contributed by atoms with Gasteiger partial charge in [0.05, 0.1) is 12.6 Å². The highest BCUT2D eigenvalue weighted by Gasteiger charge is 2.09. The van der Waals surface area contributed by atoms with Gasteiger partial charge < -0.3 is 14.8 Å². The summed E-state index contributed by atoms with van der Waals surface area (Å²) in [5, 5.41) is 3.18. The van der Waals surface area contributed by atoms with Gasteiger partial charge in [-0.3, -0.25) is 0 Å². The topological polar surface area (TPSA) is 30.5 Å². The predicted molar refractivity (Wildman–Crippen MR) is 75.5 cm³/mol. The molecule has 0 radical (unpaired) electrons. The summed E-state index contributed by atoms with van der Waals surface area (Å²) in [6.45, 7) is 7.72. The van der Waals surface area contributed by atoms with E-state index < -0.39 is 0 Å². The van der Waals surface area contributed by atoms with Gasteiger partial charge in [0.25, 0.3) is 0 Å². The number of hydrogen-bond donors (Lipinski definition) is 1. The van der Waals surface area contributed by atoms with Crippen LogP contribution in [0.1, 0.15) is 30.9 Å². The Labute approximate surface area is 110 Å². The minimum absolute atomic E-state index is 0.220. The number of aryl methyl sites for hydroxylation is 1. The lowest BCUT2D eigenvalue weighted by Gasteiger charge is -2.18. The van der Waals surface area contributed by atoms with Crippen LogP contribution in [0.4, 0.5) is 0 Å². The molecule has 3 heteroatoms. The number of likely N-dealkylation sites (N-methyl/N-ethyl adjacent to an activating group) is 1. The maximum atomic E-state index is 5.89. The molecule has 0 saturated carbocycles. The van der Waals surface area contributed by atoms with E-state index >= 15 is 0 Å². The van der Waals surface area contributed by atoms with Crippen molar-refractivity contribution < 1.29 is 9.47 Å². The van der Waals surface area contributed by atoms with Crippen LogP contribution < -0.4 is 10.1 Å². The maximum absolute atomic E-state index is 5.89. The van der Waals surface area contributed by atoms with Crippen molar-refractivity contribution in [2.45, 2.75) is 32.7 Å². The van der Waals surface area contributed by atoms with E-state index in [0.717, 1.165) is 5.75 Å². The third kappa shape index (κ3) is 4.31. The van der Waals surface area contributed by atoms with Gasteiger partial charge in [0.15, 0.2) is 0 Å². The first-order valence-corrected chi connectivity index (χ1v) is 6.48. The molecule has 1 rings (SSSR count). The molecule has 0 amide bonds. The monoisotopic (exact) mass is 251 g/mol. The summed E-state index contributed by atoms with van der Waals surface area (Å²) in [4.78, 5) is 0. The summed E-state index contributed by atoms with van der Waals surface area (Å²) in [5.41, 5.74) is 2.48. The van der Waals surface area contributed by atoms with E-state index in [1.807, 2.05) is 7.05 Å². The van der Waals surface area contributed by atoms with Crippen molar-refractivity contribution in [1.29, 1.82) is 0 Å². The van der Waals surface area contributed by atoms with E-state index in [0.29, 0.717) is 19.1 Å². The van der Waals surface area contributed by atoms with E-state index in [4.69, 9.17) is 9.47 Å². The summed E-state index contributed by atoms with van der Waals surface area (Å²) in [5.74, 6) is 1.49. The second-order valence-electron chi connectivity index (χ2n) is 4.93. The number of ether oxygens (including phenoxy) is 2. The molecule has 0 aliphatic carbocycles. The molecule has 102 valence electrons. The quantitative estimate of drug-likeness (QED) is 0.808. The fourth-order valence-corrected chi connectivity index (χ4v) is 1.74. The third-order valence-corrected chi connectivity index (χ3v) is 3.09. The Kier molecular flexibility index (Phi) is 6.16. The number of rotatable bonds is 7. The summed E-state index contributed by atoms with van der Waals surface area (Å²) < 4.78 is 11.0. The second-order valence-corrected chi connectivity index (χ2v) is 4.93. The van der Waals surface area contributed by atoms with E-state index in [-0.39, 0.29) is 6.04 Å². The molecular formula is C15H25NO2. The van der Waals surface area contributed by atoms with Crippen LogP contribution in [-0.2, 0) is 4.74 Å². The first-order chi connectivity index (χ1) is 8.58. The minimum atomic E-state index is 0.220. The number of benzene rings is 1. The molecule has 18 heavy (non-hydrogen) atoms. The van der Waals surface area contributed by atoms with Crippen LogP contribution in [-0.4, -0.2) is 33.4 Å². The Balaban J connectivity index is 2.68. The summed E-state index contributed by atoms with van der Waals surface area (Å²) >= 11 is 0. The number of methoxy groups -OCH3 is 1. The van der Waals surface area contributed by atoms with Crippen LogP contribution in [0.2, 0.25) is 0 Å². The summed E-state index contributed by atoms with van der Waals surface area (Å²) in [6, 6.07) is 6.64. The van der Waals surface area contributed by atoms with Crippen molar-refractivity contribution in [1.82, 2.24) is 5.32 Å². The van der Waals surface area contributed by atoms with Gasteiger partial charge in [-0.05, 0) is 37.1 Å². The fraction of sp³-hybridized carbons (Fsp3) is 0.600. The van der Waals surface area contributed by atoms with Crippen molar-refractivity contribution in [2.75, 3.05) is 27.4 Å². The van der Waals surface area contributed by atoms with Gasteiger partial charge in [-0.15, -0.1) is 0 Å². The van der Waals surface area contributed by atoms with E-state index in [1.165, 1.54) is 11.1 Å². The lowest BCUT2D eigenvalue weighted by atomic mass is 10.0. The average Bonchev–Trinajstić information content (AvgIpc) is 2.35. The molecule has 0 aliphatic heterocycles. The first-order valence-electron chi connectivity index (χ1n) is 6.48. The highest BCUT2D eigenvalue weighted by atomic mass is 16.5. The maximum Gasteiger partial charge on any atom is 0.122 e. The van der Waals surface area contributed by atoms with Crippen LogP contribution in [0.25, 0.3) is 0 Å². The average molecular weight is 251 g/mol. The minimum Gasteiger partial charge on any atom is -0.492 e. The van der Waals surface area contributed by atoms with Crippen molar-refractivity contribution in [3.8, 4) is 5.75 Å². The molecule has 1 aromatic carbocycles. The smallest absolute Gasteiger partial charge is 0.122 e. The Hall–Kier alpha value is -1.06. The van der Waals surface area contributed by atoms with Crippen LogP contribution in [0.15, 0.2) is 18.2 Å². The Morgan fingerprint density at radius 3 is 2.50 bits per heavy atom. The highest BCUT2D eigenvalue weighted by molar-refractivity contribution is 5.37. The second kappa shape index (κ2) is 7.39. The van der Waals surface area contributed by atoms with Crippen molar-refractivity contribution in [3.05, 3.63) is 29.3 Å². The van der Waals surface area contributed by atoms with Gasteiger partial charge in [-0.2, -0.15) is 0 Å². The van der Waals surface area contributed by atoms with Crippen LogP contribution in [0, 0.1) is 6.92 Å². The molecule has 0 aromatic heterocycles. The van der Waals surface area contributed by atoms with Crippen molar-refractivity contribution in [2.24, 2.45) is 0 Å². The van der Waals surface area contributed by atoms with E-state index in [2.05, 4.69) is 44.3 Å². The molecule has 0 aliphatic rings. The first kappa shape index (κ1) is 15.0. The van der Waals surface area contributed by atoms with E-state index in [9.17, 15) is 0 Å². The van der Waals surface area contributed by atoms with Gasteiger partial charge in [-0.25, -0.2) is 0 Å². The van der Waals surface area contributed by atoms with Gasteiger partial charge in [-0.1, -0.05) is 26.0 Å². The van der Waals surface area contributed by atoms with Gasteiger partial charge >= 0.3 is 0 Å². The zero-order valence-electron chi connectivity index (χ0n) is 12.1. The molecule has 0 heterocycles. The van der Waals surface area contributed by atoms with Gasteiger partial charge in [0.1, 0.15) is 12.4 Å². The van der Waals surface area contributed by atoms with Crippen molar-refractivity contribution >= 4 is 0 Å². The van der Waals surface area contributed by atoms with E-state index in [1.54, 1.807) is 7.11 Å². The van der Waals surface area contributed by atoms with Crippen LogP contribution in [0.5, 0.6) is 5.75 Å². The molecule has 1 atom stereocenters. The zero-order valence-corrected chi connectivity index (χ0v) is 12.1. The summed E-state index contributed by atoms with van der Waals surface area (Å²) in [7, 11) is 3.62. The largest absolute Gasteiger partial charge is 0.492 e. The molecule has 1 aromatic rings. The highest BCUT2D eigenvalue weighted by Crippen LogP contribution is 2.24. The molecule has 0 fully saturated rings. The lowest BCUT2D eigenvalue weighted by Crippen LogP contribution is -2.35. The lowest BCUT2D eigenvalue weighted by molar-refractivity contribution is 0.139. The normalized spacial score (nSPS) is 12.8. The standard InChI is InChI=1S/C15H25NO2/c1-11(2)13-7-6-12(3)15(8-13)18-10-14(16-4)9-17-5/h6-8,11,14,16H,9-10H2,1-5H3. The molecule has 1 unspecified atom stereocenters. The Bertz CT molecular complexity index is 364. The Morgan fingerprint density at radius 1 is 1.22 bits per heavy atom. The van der Waals surface area contributed by atoms with Crippen LogP contribution in [0.3, 0.4) is 0 Å². The molecular weight excluding hydrogens is 226 g/mol. The molecule has 3 nitrogen and oxygen atoms in total. The van der Waals surface area contributed by atoms with Gasteiger partial charge in [0.2, 0.25) is 0 Å². The number of nitrogens with one attached hydrogen (secondary N) is 1. The molecule has 1 N–H and O–H groups in total. The van der Waals surface area contributed by atoms with Crippen molar-refractivity contribution in [3.63, 3.8) is 0 Å². The molecule has 0 saturated heterocycles. The zero-order chi connectivity index (χ0) is 13.5.